The SMILES string of the molecule is OC(c1ccc2c(c1)CCCC2)c1ccc(F)c(F)c1F. The van der Waals surface area contributed by atoms with Crippen LogP contribution in [0.4, 0.5) is 13.2 Å². The van der Waals surface area contributed by atoms with Gasteiger partial charge in [0.05, 0.1) is 0 Å². The minimum Gasteiger partial charge on any atom is -0.384 e. The number of fused-ring (bicyclic) bond motifs is 1. The monoisotopic (exact) mass is 292 g/mol. The summed E-state index contributed by atoms with van der Waals surface area (Å²) in [7, 11) is 0. The quantitative estimate of drug-likeness (QED) is 0.827. The predicted octanol–water partition coefficient (Wildman–Crippen LogP) is 4.06. The first-order valence-corrected chi connectivity index (χ1v) is 7.01. The number of halogens is 3. The summed E-state index contributed by atoms with van der Waals surface area (Å²) >= 11 is 0. The average Bonchev–Trinajstić information content (AvgIpc) is 2.52. The van der Waals surface area contributed by atoms with E-state index in [9.17, 15) is 18.3 Å². The first-order valence-electron chi connectivity index (χ1n) is 7.01. The highest BCUT2D eigenvalue weighted by molar-refractivity contribution is 5.38. The Morgan fingerprint density at radius 1 is 0.857 bits per heavy atom. The second kappa shape index (κ2) is 5.53. The van der Waals surface area contributed by atoms with Crippen LogP contribution in [0.1, 0.15) is 41.2 Å². The zero-order valence-electron chi connectivity index (χ0n) is 11.4. The largest absolute Gasteiger partial charge is 0.384 e. The molecule has 0 heterocycles. The maximum absolute atomic E-state index is 13.8. The van der Waals surface area contributed by atoms with Gasteiger partial charge in [0.25, 0.3) is 0 Å². The molecule has 1 nitrogen and oxygen atoms in total. The van der Waals surface area contributed by atoms with Gasteiger partial charge in [-0.3, -0.25) is 0 Å². The molecular weight excluding hydrogens is 277 g/mol. The summed E-state index contributed by atoms with van der Waals surface area (Å²) in [6.07, 6.45) is 2.87. The van der Waals surface area contributed by atoms with E-state index >= 15 is 0 Å². The van der Waals surface area contributed by atoms with Crippen LogP contribution in [0, 0.1) is 17.5 Å². The van der Waals surface area contributed by atoms with Crippen LogP contribution in [-0.4, -0.2) is 5.11 Å². The van der Waals surface area contributed by atoms with E-state index in [1.165, 1.54) is 5.56 Å². The van der Waals surface area contributed by atoms with E-state index in [0.717, 1.165) is 43.4 Å². The molecule has 0 fully saturated rings. The van der Waals surface area contributed by atoms with E-state index in [2.05, 4.69) is 0 Å². The fourth-order valence-electron chi connectivity index (χ4n) is 2.86. The number of aliphatic hydroxyl groups is 1. The third kappa shape index (κ3) is 2.56. The molecule has 110 valence electrons. The van der Waals surface area contributed by atoms with Gasteiger partial charge in [0.1, 0.15) is 6.10 Å². The lowest BCUT2D eigenvalue weighted by Crippen LogP contribution is -2.08. The van der Waals surface area contributed by atoms with Gasteiger partial charge in [0.15, 0.2) is 17.5 Å². The number of aryl methyl sites for hydroxylation is 2. The van der Waals surface area contributed by atoms with Crippen LogP contribution < -0.4 is 0 Å². The molecule has 0 saturated carbocycles. The molecule has 0 saturated heterocycles. The van der Waals surface area contributed by atoms with Crippen molar-refractivity contribution in [3.63, 3.8) is 0 Å². The normalized spacial score (nSPS) is 15.6. The molecule has 3 rings (SSSR count). The standard InChI is InChI=1S/C17H15F3O/c18-14-8-7-13(15(19)16(14)20)17(21)12-6-5-10-3-1-2-4-11(10)9-12/h5-9,17,21H,1-4H2. The number of rotatable bonds is 2. The number of hydrogen-bond acceptors (Lipinski definition) is 1. The number of aliphatic hydroxyl groups excluding tert-OH is 1. The van der Waals surface area contributed by atoms with E-state index in [0.29, 0.717) is 5.56 Å². The van der Waals surface area contributed by atoms with E-state index in [1.54, 1.807) is 6.07 Å². The maximum Gasteiger partial charge on any atom is 0.194 e. The summed E-state index contributed by atoms with van der Waals surface area (Å²) in [5.74, 6) is -4.14. The molecule has 4 heteroatoms. The fourth-order valence-corrected chi connectivity index (χ4v) is 2.86. The molecule has 0 amide bonds. The Hall–Kier alpha value is -1.81. The maximum atomic E-state index is 13.8. The van der Waals surface area contributed by atoms with Crippen molar-refractivity contribution in [2.45, 2.75) is 31.8 Å². The van der Waals surface area contributed by atoms with E-state index < -0.39 is 23.6 Å². The molecule has 1 aliphatic rings. The smallest absolute Gasteiger partial charge is 0.194 e. The van der Waals surface area contributed by atoms with Crippen molar-refractivity contribution in [3.05, 3.63) is 70.0 Å². The van der Waals surface area contributed by atoms with Crippen molar-refractivity contribution in [3.8, 4) is 0 Å². The zero-order chi connectivity index (χ0) is 15.0. The Bertz CT molecular complexity index is 682. The molecule has 2 aromatic carbocycles. The van der Waals surface area contributed by atoms with Gasteiger partial charge in [-0.05, 0) is 48.4 Å². The van der Waals surface area contributed by atoms with Crippen molar-refractivity contribution >= 4 is 0 Å². The van der Waals surface area contributed by atoms with Gasteiger partial charge in [-0.2, -0.15) is 0 Å². The summed E-state index contributed by atoms with van der Waals surface area (Å²) in [5, 5.41) is 10.3. The molecule has 0 aromatic heterocycles. The van der Waals surface area contributed by atoms with Crippen LogP contribution in [0.2, 0.25) is 0 Å². The summed E-state index contributed by atoms with van der Waals surface area (Å²) in [5.41, 5.74) is 2.63. The Morgan fingerprint density at radius 2 is 1.57 bits per heavy atom. The van der Waals surface area contributed by atoms with Crippen LogP contribution in [0.3, 0.4) is 0 Å². The first kappa shape index (κ1) is 14.1. The molecular formula is C17H15F3O. The van der Waals surface area contributed by atoms with Crippen molar-refractivity contribution < 1.29 is 18.3 Å². The van der Waals surface area contributed by atoms with Crippen LogP contribution in [0.5, 0.6) is 0 Å². The number of hydrogen-bond donors (Lipinski definition) is 1. The summed E-state index contributed by atoms with van der Waals surface area (Å²) < 4.78 is 40.0. The second-order valence-corrected chi connectivity index (χ2v) is 5.40. The van der Waals surface area contributed by atoms with E-state index in [-0.39, 0.29) is 5.56 Å². The Morgan fingerprint density at radius 3 is 2.33 bits per heavy atom. The predicted molar refractivity (Wildman–Crippen MR) is 73.5 cm³/mol. The molecule has 1 unspecified atom stereocenters. The third-order valence-corrected chi connectivity index (χ3v) is 4.05. The number of benzene rings is 2. The van der Waals surface area contributed by atoms with Gasteiger partial charge in [-0.25, -0.2) is 13.2 Å². The van der Waals surface area contributed by atoms with Gasteiger partial charge in [0, 0.05) is 5.56 Å². The summed E-state index contributed by atoms with van der Waals surface area (Å²) in [6.45, 7) is 0. The van der Waals surface area contributed by atoms with Gasteiger partial charge >= 0.3 is 0 Å². The molecule has 21 heavy (non-hydrogen) atoms. The van der Waals surface area contributed by atoms with Gasteiger partial charge in [-0.15, -0.1) is 0 Å². The lowest BCUT2D eigenvalue weighted by molar-refractivity contribution is 0.212. The van der Waals surface area contributed by atoms with Crippen molar-refractivity contribution in [2.24, 2.45) is 0 Å². The molecule has 0 bridgehead atoms. The highest BCUT2D eigenvalue weighted by atomic mass is 19.2. The molecule has 1 atom stereocenters. The lowest BCUT2D eigenvalue weighted by Gasteiger charge is -2.19. The van der Waals surface area contributed by atoms with Crippen LogP contribution in [0.15, 0.2) is 30.3 Å². The molecule has 0 aliphatic heterocycles. The average molecular weight is 292 g/mol. The van der Waals surface area contributed by atoms with Crippen LogP contribution >= 0.6 is 0 Å². The summed E-state index contributed by atoms with van der Waals surface area (Å²) in [4.78, 5) is 0. The minimum atomic E-state index is -1.55. The van der Waals surface area contributed by atoms with Crippen molar-refractivity contribution in [1.29, 1.82) is 0 Å². The highest BCUT2D eigenvalue weighted by Gasteiger charge is 2.21. The third-order valence-electron chi connectivity index (χ3n) is 4.05. The van der Waals surface area contributed by atoms with Gasteiger partial charge in [-0.1, -0.05) is 24.3 Å². The second-order valence-electron chi connectivity index (χ2n) is 5.40. The Labute approximate surface area is 121 Å². The molecule has 0 spiro atoms. The minimum absolute atomic E-state index is 0.246. The topological polar surface area (TPSA) is 20.2 Å². The molecule has 2 aromatic rings. The van der Waals surface area contributed by atoms with Crippen LogP contribution in [0.25, 0.3) is 0 Å². The van der Waals surface area contributed by atoms with Gasteiger partial charge < -0.3 is 5.11 Å². The zero-order valence-corrected chi connectivity index (χ0v) is 11.4. The fraction of sp³-hybridized carbons (Fsp3) is 0.294. The highest BCUT2D eigenvalue weighted by Crippen LogP contribution is 2.30. The van der Waals surface area contributed by atoms with Crippen molar-refractivity contribution in [2.75, 3.05) is 0 Å². The van der Waals surface area contributed by atoms with Crippen molar-refractivity contribution in [1.82, 2.24) is 0 Å². The van der Waals surface area contributed by atoms with Gasteiger partial charge in [0.2, 0.25) is 0 Å². The lowest BCUT2D eigenvalue weighted by atomic mass is 9.88. The van der Waals surface area contributed by atoms with E-state index in [1.807, 2.05) is 12.1 Å². The molecule has 1 N–H and O–H groups in total. The summed E-state index contributed by atoms with van der Waals surface area (Å²) in [6, 6.07) is 7.38. The first-order chi connectivity index (χ1) is 10.1. The Kier molecular flexibility index (Phi) is 3.72. The van der Waals surface area contributed by atoms with Crippen LogP contribution in [-0.2, 0) is 12.8 Å². The molecule has 1 aliphatic carbocycles. The Balaban J connectivity index is 1.99. The van der Waals surface area contributed by atoms with E-state index in [4.69, 9.17) is 0 Å². The molecule has 0 radical (unpaired) electrons.